The fraction of sp³-hybridized carbons (Fsp3) is 0.647. The number of rotatable bonds is 1. The van der Waals surface area contributed by atoms with Gasteiger partial charge in [-0.05, 0) is 53.9 Å². The highest BCUT2D eigenvalue weighted by Crippen LogP contribution is 2.32. The summed E-state index contributed by atoms with van der Waals surface area (Å²) in [4.78, 5) is 23.2. The van der Waals surface area contributed by atoms with Crippen molar-refractivity contribution in [2.75, 3.05) is 6.54 Å². The summed E-state index contributed by atoms with van der Waals surface area (Å²) in [6.07, 6.45) is 2.67. The average Bonchev–Trinajstić information content (AvgIpc) is 2.89. The second-order valence-corrected chi connectivity index (χ2v) is 7.34. The lowest BCUT2D eigenvalue weighted by atomic mass is 10.00. The second-order valence-electron chi connectivity index (χ2n) is 7.34. The van der Waals surface area contributed by atoms with E-state index in [1.54, 1.807) is 9.42 Å². The van der Waals surface area contributed by atoms with E-state index in [9.17, 15) is 4.79 Å². The number of nitrogens with zero attached hydrogens (tertiary/aromatic N) is 5. The fourth-order valence-corrected chi connectivity index (χ4v) is 3.12. The van der Waals surface area contributed by atoms with Gasteiger partial charge in [0.2, 0.25) is 0 Å². The van der Waals surface area contributed by atoms with Gasteiger partial charge in [0.05, 0.1) is 11.7 Å². The van der Waals surface area contributed by atoms with Crippen LogP contribution in [0.4, 0.5) is 4.79 Å². The molecule has 0 N–H and O–H groups in total. The molecule has 7 heteroatoms. The van der Waals surface area contributed by atoms with Crippen LogP contribution < -0.4 is 0 Å². The Kier molecular flexibility index (Phi) is 4.19. The first-order valence-electron chi connectivity index (χ1n) is 8.45. The van der Waals surface area contributed by atoms with Crippen LogP contribution in [0.5, 0.6) is 0 Å². The zero-order valence-electron chi connectivity index (χ0n) is 15.0. The standard InChI is InChI=1S/C17H25N5O2/c1-11-18-12(2)22-15(19-11)10-13(20-22)14-8-6-7-9-21(14)16(23)24-17(3,4)5/h10,14H,6-9H2,1-5H3/t14-/m0/s1. The van der Waals surface area contributed by atoms with Crippen molar-refractivity contribution in [1.29, 1.82) is 0 Å². The number of fused-ring (bicyclic) bond motifs is 1. The molecule has 0 aliphatic carbocycles. The number of hydrogen-bond donors (Lipinski definition) is 0. The van der Waals surface area contributed by atoms with E-state index < -0.39 is 5.60 Å². The van der Waals surface area contributed by atoms with Crippen molar-refractivity contribution < 1.29 is 9.53 Å². The van der Waals surface area contributed by atoms with Gasteiger partial charge in [0.25, 0.3) is 0 Å². The van der Waals surface area contributed by atoms with Crippen molar-refractivity contribution in [1.82, 2.24) is 24.5 Å². The van der Waals surface area contributed by atoms with E-state index in [-0.39, 0.29) is 12.1 Å². The number of carbonyl (C=O) groups excluding carboxylic acids is 1. The number of carbonyl (C=O) groups is 1. The van der Waals surface area contributed by atoms with Gasteiger partial charge in [-0.1, -0.05) is 0 Å². The normalized spacial score (nSPS) is 18.9. The number of hydrogen-bond acceptors (Lipinski definition) is 5. The molecule has 2 aromatic rings. The van der Waals surface area contributed by atoms with Crippen LogP contribution >= 0.6 is 0 Å². The molecule has 24 heavy (non-hydrogen) atoms. The Balaban J connectivity index is 1.93. The minimum atomic E-state index is -0.503. The molecule has 0 bridgehead atoms. The second kappa shape index (κ2) is 6.03. The lowest BCUT2D eigenvalue weighted by Crippen LogP contribution is -2.42. The highest BCUT2D eigenvalue weighted by atomic mass is 16.6. The van der Waals surface area contributed by atoms with Crippen molar-refractivity contribution in [3.8, 4) is 0 Å². The van der Waals surface area contributed by atoms with Crippen LogP contribution in [0.1, 0.15) is 63.4 Å². The summed E-state index contributed by atoms with van der Waals surface area (Å²) in [5, 5.41) is 4.65. The van der Waals surface area contributed by atoms with Gasteiger partial charge in [-0.25, -0.2) is 19.3 Å². The first-order valence-corrected chi connectivity index (χ1v) is 8.45. The van der Waals surface area contributed by atoms with Crippen LogP contribution in [0.3, 0.4) is 0 Å². The topological polar surface area (TPSA) is 72.6 Å². The largest absolute Gasteiger partial charge is 0.444 e. The number of likely N-dealkylation sites (tertiary alicyclic amines) is 1. The molecular weight excluding hydrogens is 306 g/mol. The molecule has 0 radical (unpaired) electrons. The molecule has 1 fully saturated rings. The zero-order chi connectivity index (χ0) is 17.5. The number of aromatic nitrogens is 4. The van der Waals surface area contributed by atoms with Gasteiger partial charge in [-0.3, -0.25) is 4.90 Å². The predicted molar refractivity (Wildman–Crippen MR) is 89.8 cm³/mol. The lowest BCUT2D eigenvalue weighted by Gasteiger charge is -2.35. The molecule has 1 aliphatic rings. The molecular formula is C17H25N5O2. The highest BCUT2D eigenvalue weighted by Gasteiger charge is 2.33. The Morgan fingerprint density at radius 3 is 2.71 bits per heavy atom. The van der Waals surface area contributed by atoms with E-state index in [0.29, 0.717) is 6.54 Å². The van der Waals surface area contributed by atoms with E-state index in [0.717, 1.165) is 42.3 Å². The highest BCUT2D eigenvalue weighted by molar-refractivity contribution is 5.69. The van der Waals surface area contributed by atoms with Gasteiger partial charge in [0.15, 0.2) is 5.65 Å². The summed E-state index contributed by atoms with van der Waals surface area (Å²) in [5.74, 6) is 1.52. The van der Waals surface area contributed by atoms with E-state index in [1.165, 1.54) is 0 Å². The average molecular weight is 331 g/mol. The molecule has 7 nitrogen and oxygen atoms in total. The van der Waals surface area contributed by atoms with Crippen LogP contribution in [0, 0.1) is 13.8 Å². The van der Waals surface area contributed by atoms with Gasteiger partial charge in [-0.15, -0.1) is 0 Å². The molecule has 1 atom stereocenters. The van der Waals surface area contributed by atoms with E-state index in [2.05, 4.69) is 15.1 Å². The smallest absolute Gasteiger partial charge is 0.410 e. The molecule has 2 aromatic heterocycles. The Morgan fingerprint density at radius 2 is 2.00 bits per heavy atom. The molecule has 130 valence electrons. The molecule has 3 heterocycles. The fourth-order valence-electron chi connectivity index (χ4n) is 3.12. The van der Waals surface area contributed by atoms with E-state index in [1.807, 2.05) is 40.7 Å². The summed E-state index contributed by atoms with van der Waals surface area (Å²) in [6.45, 7) is 10.1. The first-order chi connectivity index (χ1) is 11.2. The molecule has 0 spiro atoms. The van der Waals surface area contributed by atoms with Crippen molar-refractivity contribution in [2.24, 2.45) is 0 Å². The third kappa shape index (κ3) is 3.34. The first kappa shape index (κ1) is 16.7. The van der Waals surface area contributed by atoms with Gasteiger partial charge < -0.3 is 4.74 Å². The van der Waals surface area contributed by atoms with E-state index >= 15 is 0 Å². The number of ether oxygens (including phenoxy) is 1. The molecule has 3 rings (SSSR count). The number of amides is 1. The Hall–Kier alpha value is -2.18. The Morgan fingerprint density at radius 1 is 1.25 bits per heavy atom. The quantitative estimate of drug-likeness (QED) is 0.802. The summed E-state index contributed by atoms with van der Waals surface area (Å²) in [7, 11) is 0. The maximum Gasteiger partial charge on any atom is 0.410 e. The summed E-state index contributed by atoms with van der Waals surface area (Å²) < 4.78 is 7.31. The molecule has 1 amide bonds. The van der Waals surface area contributed by atoms with Crippen molar-refractivity contribution >= 4 is 11.7 Å². The Labute approximate surface area is 142 Å². The summed E-state index contributed by atoms with van der Waals surface area (Å²) in [6, 6.07) is 1.88. The lowest BCUT2D eigenvalue weighted by molar-refractivity contribution is 0.00898. The van der Waals surface area contributed by atoms with Crippen LogP contribution in [0.2, 0.25) is 0 Å². The van der Waals surface area contributed by atoms with Gasteiger partial charge >= 0.3 is 6.09 Å². The predicted octanol–water partition coefficient (Wildman–Crippen LogP) is 3.20. The Bertz CT molecular complexity index is 762. The van der Waals surface area contributed by atoms with Crippen LogP contribution in [-0.2, 0) is 4.74 Å². The number of piperidine rings is 1. The van der Waals surface area contributed by atoms with Crippen LogP contribution in [0.15, 0.2) is 6.07 Å². The molecule has 1 saturated heterocycles. The van der Waals surface area contributed by atoms with Crippen LogP contribution in [0.25, 0.3) is 5.65 Å². The minimum absolute atomic E-state index is 0.0741. The van der Waals surface area contributed by atoms with Crippen LogP contribution in [-0.4, -0.2) is 42.7 Å². The molecule has 0 unspecified atom stereocenters. The molecule has 0 saturated carbocycles. The van der Waals surface area contributed by atoms with E-state index in [4.69, 9.17) is 4.74 Å². The maximum atomic E-state index is 12.6. The van der Waals surface area contributed by atoms with Gasteiger partial charge in [0, 0.05) is 12.6 Å². The van der Waals surface area contributed by atoms with Crippen molar-refractivity contribution in [3.63, 3.8) is 0 Å². The monoisotopic (exact) mass is 331 g/mol. The third-order valence-corrected chi connectivity index (χ3v) is 4.09. The summed E-state index contributed by atoms with van der Waals surface area (Å²) in [5.41, 5.74) is 1.12. The molecule has 1 aliphatic heterocycles. The SMILES string of the molecule is Cc1nc(C)n2nc([C@@H]3CCCCN3C(=O)OC(C)(C)C)cc2n1. The summed E-state index contributed by atoms with van der Waals surface area (Å²) >= 11 is 0. The van der Waals surface area contributed by atoms with Crippen molar-refractivity contribution in [2.45, 2.75) is 65.5 Å². The third-order valence-electron chi connectivity index (χ3n) is 4.09. The zero-order valence-corrected chi connectivity index (χ0v) is 15.0. The molecule has 0 aromatic carbocycles. The minimum Gasteiger partial charge on any atom is -0.444 e. The van der Waals surface area contributed by atoms with Crippen molar-refractivity contribution in [3.05, 3.63) is 23.4 Å². The van der Waals surface area contributed by atoms with Gasteiger partial charge in [-0.2, -0.15) is 5.10 Å². The maximum absolute atomic E-state index is 12.6. The van der Waals surface area contributed by atoms with Gasteiger partial charge in [0.1, 0.15) is 17.2 Å². The number of aryl methyl sites for hydroxylation is 2.